The lowest BCUT2D eigenvalue weighted by molar-refractivity contribution is 0.0590. The molecule has 0 aliphatic carbocycles. The molecule has 144 valence electrons. The van der Waals surface area contributed by atoms with Crippen molar-refractivity contribution in [2.75, 3.05) is 0 Å². The standard InChI is InChI=1S/C20H18Cl2N4O2/c1-12-8-24(11-23-12)17-5-6-18-20(28)25(13(2)9-26(18)19(17)27)10-14-3-4-15(21)16(22)7-14/h3-8,11,13H,9-10H2,1-2H3/t13-/m0/s1. The fourth-order valence-electron chi connectivity index (χ4n) is 3.46. The highest BCUT2D eigenvalue weighted by Crippen LogP contribution is 2.25. The Bertz CT molecular complexity index is 1140. The fourth-order valence-corrected chi connectivity index (χ4v) is 3.78. The summed E-state index contributed by atoms with van der Waals surface area (Å²) < 4.78 is 3.23. The first-order valence-corrected chi connectivity index (χ1v) is 9.60. The number of fused-ring (bicyclic) bond motifs is 1. The van der Waals surface area contributed by atoms with E-state index >= 15 is 0 Å². The van der Waals surface area contributed by atoms with Crippen molar-refractivity contribution in [1.29, 1.82) is 0 Å². The van der Waals surface area contributed by atoms with Gasteiger partial charge < -0.3 is 14.0 Å². The SMILES string of the molecule is Cc1cn(-c2ccc3n(c2=O)C[C@H](C)N(Cc2ccc(Cl)c(Cl)c2)C3=O)cn1. The van der Waals surface area contributed by atoms with Crippen LogP contribution in [0.1, 0.15) is 28.7 Å². The second-order valence-electron chi connectivity index (χ2n) is 6.97. The number of benzene rings is 1. The number of carbonyl (C=O) groups excluding carboxylic acids is 1. The van der Waals surface area contributed by atoms with Crippen LogP contribution in [0.15, 0.2) is 47.7 Å². The van der Waals surface area contributed by atoms with Crippen molar-refractivity contribution in [3.63, 3.8) is 0 Å². The van der Waals surface area contributed by atoms with E-state index in [-0.39, 0.29) is 17.5 Å². The predicted octanol–water partition coefficient (Wildman–Crippen LogP) is 3.69. The second kappa shape index (κ2) is 7.11. The molecule has 3 heterocycles. The molecule has 0 radical (unpaired) electrons. The average molecular weight is 417 g/mol. The van der Waals surface area contributed by atoms with E-state index in [1.54, 1.807) is 50.8 Å². The van der Waals surface area contributed by atoms with E-state index < -0.39 is 0 Å². The molecule has 3 aromatic rings. The maximum Gasteiger partial charge on any atom is 0.275 e. The molecule has 1 atom stereocenters. The van der Waals surface area contributed by atoms with Crippen molar-refractivity contribution >= 4 is 29.1 Å². The number of amides is 1. The van der Waals surface area contributed by atoms with Crippen LogP contribution in [0.3, 0.4) is 0 Å². The Morgan fingerprint density at radius 2 is 1.93 bits per heavy atom. The van der Waals surface area contributed by atoms with Crippen LogP contribution in [-0.2, 0) is 13.1 Å². The molecule has 0 N–H and O–H groups in total. The molecule has 0 spiro atoms. The smallest absolute Gasteiger partial charge is 0.275 e. The minimum Gasteiger partial charge on any atom is -0.329 e. The third-order valence-electron chi connectivity index (χ3n) is 4.94. The number of hydrogen-bond acceptors (Lipinski definition) is 3. The van der Waals surface area contributed by atoms with Crippen molar-refractivity contribution in [1.82, 2.24) is 19.0 Å². The van der Waals surface area contributed by atoms with Gasteiger partial charge in [-0.15, -0.1) is 0 Å². The van der Waals surface area contributed by atoms with Gasteiger partial charge in [0.05, 0.1) is 22.1 Å². The predicted molar refractivity (Wildman–Crippen MR) is 108 cm³/mol. The zero-order chi connectivity index (χ0) is 20.0. The van der Waals surface area contributed by atoms with Crippen LogP contribution in [0.4, 0.5) is 0 Å². The number of nitrogens with zero attached hydrogens (tertiary/aromatic N) is 4. The summed E-state index contributed by atoms with van der Waals surface area (Å²) in [4.78, 5) is 32.0. The summed E-state index contributed by atoms with van der Waals surface area (Å²) in [6.07, 6.45) is 3.39. The van der Waals surface area contributed by atoms with Crippen molar-refractivity contribution in [2.45, 2.75) is 33.0 Å². The molecule has 1 aliphatic rings. The summed E-state index contributed by atoms with van der Waals surface area (Å²) in [6.45, 7) is 4.61. The number of rotatable bonds is 3. The van der Waals surface area contributed by atoms with Gasteiger partial charge in [-0.05, 0) is 43.7 Å². The van der Waals surface area contributed by atoms with Gasteiger partial charge in [0, 0.05) is 25.3 Å². The molecule has 8 heteroatoms. The van der Waals surface area contributed by atoms with Gasteiger partial charge in [-0.2, -0.15) is 0 Å². The van der Waals surface area contributed by atoms with Crippen molar-refractivity contribution < 1.29 is 4.79 Å². The molecule has 0 fully saturated rings. The molecule has 4 rings (SSSR count). The highest BCUT2D eigenvalue weighted by molar-refractivity contribution is 6.42. The van der Waals surface area contributed by atoms with Gasteiger partial charge in [-0.3, -0.25) is 9.59 Å². The minimum absolute atomic E-state index is 0.146. The Hall–Kier alpha value is -2.57. The molecular weight excluding hydrogens is 399 g/mol. The molecular formula is C20H18Cl2N4O2. The molecule has 6 nitrogen and oxygen atoms in total. The normalized spacial score (nSPS) is 16.4. The summed E-state index contributed by atoms with van der Waals surface area (Å²) >= 11 is 12.1. The van der Waals surface area contributed by atoms with E-state index in [2.05, 4.69) is 4.98 Å². The van der Waals surface area contributed by atoms with Gasteiger partial charge in [-0.1, -0.05) is 29.3 Å². The molecule has 2 aromatic heterocycles. The van der Waals surface area contributed by atoms with Crippen LogP contribution in [0, 0.1) is 6.92 Å². The van der Waals surface area contributed by atoms with E-state index in [4.69, 9.17) is 23.2 Å². The van der Waals surface area contributed by atoms with Crippen molar-refractivity contribution in [3.8, 4) is 5.69 Å². The molecule has 1 amide bonds. The van der Waals surface area contributed by atoms with E-state index in [1.807, 2.05) is 19.9 Å². The van der Waals surface area contributed by atoms with E-state index in [0.29, 0.717) is 34.5 Å². The van der Waals surface area contributed by atoms with Gasteiger partial charge in [0.25, 0.3) is 11.5 Å². The van der Waals surface area contributed by atoms with Gasteiger partial charge in [0.1, 0.15) is 11.4 Å². The van der Waals surface area contributed by atoms with Gasteiger partial charge in [-0.25, -0.2) is 4.98 Å². The minimum atomic E-state index is -0.204. The Morgan fingerprint density at radius 1 is 1.14 bits per heavy atom. The number of aromatic nitrogens is 3. The molecule has 28 heavy (non-hydrogen) atoms. The largest absolute Gasteiger partial charge is 0.329 e. The fraction of sp³-hybridized carbons (Fsp3) is 0.250. The van der Waals surface area contributed by atoms with Crippen LogP contribution in [0.2, 0.25) is 10.0 Å². The first kappa shape index (κ1) is 18.8. The number of carbonyl (C=O) groups is 1. The lowest BCUT2D eigenvalue weighted by atomic mass is 10.1. The Balaban J connectivity index is 1.68. The van der Waals surface area contributed by atoms with Crippen LogP contribution < -0.4 is 5.56 Å². The number of imidazole rings is 1. The highest BCUT2D eigenvalue weighted by atomic mass is 35.5. The first-order valence-electron chi connectivity index (χ1n) is 8.85. The topological polar surface area (TPSA) is 60.1 Å². The third-order valence-corrected chi connectivity index (χ3v) is 5.68. The Kier molecular flexibility index (Phi) is 4.77. The van der Waals surface area contributed by atoms with Gasteiger partial charge >= 0.3 is 0 Å². The summed E-state index contributed by atoms with van der Waals surface area (Å²) in [7, 11) is 0. The van der Waals surface area contributed by atoms with Gasteiger partial charge in [0.15, 0.2) is 0 Å². The van der Waals surface area contributed by atoms with Crippen LogP contribution >= 0.6 is 23.2 Å². The molecule has 1 aliphatic heterocycles. The number of aryl methyl sites for hydroxylation is 1. The zero-order valence-corrected chi connectivity index (χ0v) is 16.9. The summed E-state index contributed by atoms with van der Waals surface area (Å²) in [5.41, 5.74) is 2.35. The van der Waals surface area contributed by atoms with Crippen molar-refractivity contribution in [3.05, 3.63) is 80.2 Å². The second-order valence-corrected chi connectivity index (χ2v) is 7.79. The Morgan fingerprint density at radius 3 is 2.61 bits per heavy atom. The molecule has 0 bridgehead atoms. The number of pyridine rings is 1. The number of hydrogen-bond donors (Lipinski definition) is 0. The lowest BCUT2D eigenvalue weighted by Crippen LogP contribution is -2.49. The maximum absolute atomic E-state index is 13.1. The molecule has 1 aromatic carbocycles. The Labute approximate surface area is 171 Å². The highest BCUT2D eigenvalue weighted by Gasteiger charge is 2.31. The molecule has 0 saturated heterocycles. The van der Waals surface area contributed by atoms with Crippen molar-refractivity contribution in [2.24, 2.45) is 0 Å². The van der Waals surface area contributed by atoms with Crippen LogP contribution in [-0.4, -0.2) is 31.0 Å². The summed E-state index contributed by atoms with van der Waals surface area (Å²) in [5, 5.41) is 0.927. The van der Waals surface area contributed by atoms with E-state index in [9.17, 15) is 9.59 Å². The number of halogens is 2. The quantitative estimate of drug-likeness (QED) is 0.653. The van der Waals surface area contributed by atoms with Crippen LogP contribution in [0.25, 0.3) is 5.69 Å². The van der Waals surface area contributed by atoms with E-state index in [0.717, 1.165) is 11.3 Å². The van der Waals surface area contributed by atoms with Gasteiger partial charge in [0.2, 0.25) is 0 Å². The first-order chi connectivity index (χ1) is 13.3. The van der Waals surface area contributed by atoms with E-state index in [1.165, 1.54) is 0 Å². The summed E-state index contributed by atoms with van der Waals surface area (Å²) in [5.74, 6) is -0.185. The monoisotopic (exact) mass is 416 g/mol. The van der Waals surface area contributed by atoms with Crippen LogP contribution in [0.5, 0.6) is 0 Å². The summed E-state index contributed by atoms with van der Waals surface area (Å²) in [6, 6.07) is 8.54. The molecule has 0 unspecified atom stereocenters. The average Bonchev–Trinajstić information content (AvgIpc) is 3.08. The zero-order valence-electron chi connectivity index (χ0n) is 15.4. The maximum atomic E-state index is 13.1. The third kappa shape index (κ3) is 3.23. The molecule has 0 saturated carbocycles. The lowest BCUT2D eigenvalue weighted by Gasteiger charge is -2.35.